The van der Waals surface area contributed by atoms with E-state index in [4.69, 9.17) is 30.2 Å². The van der Waals surface area contributed by atoms with Crippen LogP contribution < -0.4 is 10.6 Å². The molecule has 0 saturated carbocycles. The van der Waals surface area contributed by atoms with E-state index >= 15 is 0 Å². The topological polar surface area (TPSA) is 117 Å². The normalized spacial score (nSPS) is 20.2. The molecule has 3 aromatic heterocycles. The molecule has 10 heteroatoms. The van der Waals surface area contributed by atoms with Crippen LogP contribution >= 0.6 is 0 Å². The molecule has 0 amide bonds. The van der Waals surface area contributed by atoms with Crippen LogP contribution in [-0.4, -0.2) is 69.0 Å². The summed E-state index contributed by atoms with van der Waals surface area (Å²) in [7, 11) is 0. The average Bonchev–Trinajstić information content (AvgIpc) is 3.35. The molecule has 2 fully saturated rings. The van der Waals surface area contributed by atoms with Gasteiger partial charge >= 0.3 is 0 Å². The number of nitrogens with zero attached hydrogens (tertiary/aromatic N) is 7. The summed E-state index contributed by atoms with van der Waals surface area (Å²) in [6, 6.07) is 0.230. The Kier molecular flexibility index (Phi) is 4.29. The van der Waals surface area contributed by atoms with E-state index < -0.39 is 0 Å². The minimum atomic E-state index is 0.229. The molecule has 0 aromatic carbocycles. The number of nitrogens with two attached hydrogens (primary N) is 1. The number of hydrogen-bond donors (Lipinski definition) is 1. The molecule has 2 N–H and O–H groups in total. The highest BCUT2D eigenvalue weighted by atomic mass is 16.5. The summed E-state index contributed by atoms with van der Waals surface area (Å²) < 4.78 is 13.3. The van der Waals surface area contributed by atoms with E-state index in [-0.39, 0.29) is 12.0 Å². The number of fused-ring (bicyclic) bond motifs is 1. The van der Waals surface area contributed by atoms with Crippen molar-refractivity contribution in [2.45, 2.75) is 19.4 Å². The molecule has 2 aliphatic rings. The number of nitrogen functional groups attached to an aromatic ring is 1. The third kappa shape index (κ3) is 2.94. The highest BCUT2D eigenvalue weighted by Gasteiger charge is 2.26. The van der Waals surface area contributed by atoms with Crippen LogP contribution in [0.2, 0.25) is 0 Å². The summed E-state index contributed by atoms with van der Waals surface area (Å²) in [5, 5.41) is 0. The monoisotopic (exact) mass is 382 g/mol. The lowest BCUT2D eigenvalue weighted by Crippen LogP contribution is -2.37. The van der Waals surface area contributed by atoms with Crippen molar-refractivity contribution in [3.05, 3.63) is 18.2 Å². The Morgan fingerprint density at radius 1 is 1.04 bits per heavy atom. The third-order valence-electron chi connectivity index (χ3n) is 5.21. The smallest absolute Gasteiger partial charge is 0.228 e. The molecule has 2 saturated heterocycles. The number of morpholine rings is 1. The molecule has 2 aliphatic heterocycles. The van der Waals surface area contributed by atoms with E-state index in [1.807, 2.05) is 6.92 Å². The molecular formula is C18H22N8O2. The van der Waals surface area contributed by atoms with Crippen LogP contribution in [0.25, 0.3) is 22.4 Å². The quantitative estimate of drug-likeness (QED) is 0.707. The molecule has 146 valence electrons. The molecule has 1 atom stereocenters. The first kappa shape index (κ1) is 17.3. The molecule has 5 heterocycles. The SMILES string of the molecule is Cc1nc2c(-c3cnc(N)nc3)nc(N3CCOCC3)nc2n1C1CCOC1. The maximum absolute atomic E-state index is 5.66. The van der Waals surface area contributed by atoms with Crippen molar-refractivity contribution in [1.82, 2.24) is 29.5 Å². The first-order valence-electron chi connectivity index (χ1n) is 9.45. The zero-order valence-electron chi connectivity index (χ0n) is 15.7. The van der Waals surface area contributed by atoms with Gasteiger partial charge in [-0.05, 0) is 13.3 Å². The first-order chi connectivity index (χ1) is 13.7. The van der Waals surface area contributed by atoms with Gasteiger partial charge in [0, 0.05) is 37.7 Å². The summed E-state index contributed by atoms with van der Waals surface area (Å²) >= 11 is 0. The summed E-state index contributed by atoms with van der Waals surface area (Å²) in [6.45, 7) is 6.25. The van der Waals surface area contributed by atoms with E-state index in [1.165, 1.54) is 0 Å². The van der Waals surface area contributed by atoms with Crippen LogP contribution in [0.5, 0.6) is 0 Å². The number of rotatable bonds is 3. The van der Waals surface area contributed by atoms with Gasteiger partial charge in [-0.1, -0.05) is 0 Å². The van der Waals surface area contributed by atoms with Gasteiger partial charge in [0.15, 0.2) is 5.65 Å². The Morgan fingerprint density at radius 3 is 2.54 bits per heavy atom. The lowest BCUT2D eigenvalue weighted by Gasteiger charge is -2.27. The predicted octanol–water partition coefficient (Wildman–Crippen LogP) is 0.972. The van der Waals surface area contributed by atoms with Crippen LogP contribution in [0.3, 0.4) is 0 Å². The summed E-state index contributed by atoms with van der Waals surface area (Å²) in [4.78, 5) is 24.9. The standard InChI is InChI=1S/C18H22N8O2/c1-11-22-15-14(12-8-20-17(19)21-9-12)23-18(25-3-6-27-7-4-25)24-16(15)26(11)13-2-5-28-10-13/h8-9,13H,2-7,10H2,1H3,(H2,19,20,21). The van der Waals surface area contributed by atoms with E-state index in [0.29, 0.717) is 31.5 Å². The Bertz CT molecular complexity index is 991. The molecule has 0 bridgehead atoms. The lowest BCUT2D eigenvalue weighted by molar-refractivity contribution is 0.122. The minimum Gasteiger partial charge on any atom is -0.379 e. The van der Waals surface area contributed by atoms with Gasteiger partial charge in [0.1, 0.15) is 17.0 Å². The van der Waals surface area contributed by atoms with Crippen molar-refractivity contribution in [2.75, 3.05) is 50.2 Å². The van der Waals surface area contributed by atoms with Crippen molar-refractivity contribution >= 4 is 23.1 Å². The summed E-state index contributed by atoms with van der Waals surface area (Å²) in [6.07, 6.45) is 4.31. The number of aromatic nitrogens is 6. The van der Waals surface area contributed by atoms with Gasteiger partial charge in [-0.25, -0.2) is 19.9 Å². The molecule has 0 aliphatic carbocycles. The number of ether oxygens (including phenoxy) is 2. The fraction of sp³-hybridized carbons (Fsp3) is 0.500. The molecular weight excluding hydrogens is 360 g/mol. The van der Waals surface area contributed by atoms with Crippen LogP contribution in [-0.2, 0) is 9.47 Å². The van der Waals surface area contributed by atoms with E-state index in [2.05, 4.69) is 19.4 Å². The number of aryl methyl sites for hydroxylation is 1. The van der Waals surface area contributed by atoms with Crippen molar-refractivity contribution < 1.29 is 9.47 Å². The maximum Gasteiger partial charge on any atom is 0.228 e. The second-order valence-electron chi connectivity index (χ2n) is 7.02. The predicted molar refractivity (Wildman–Crippen MR) is 103 cm³/mol. The van der Waals surface area contributed by atoms with E-state index in [9.17, 15) is 0 Å². The second-order valence-corrected chi connectivity index (χ2v) is 7.02. The summed E-state index contributed by atoms with van der Waals surface area (Å²) in [5.74, 6) is 1.80. The van der Waals surface area contributed by atoms with Crippen molar-refractivity contribution in [3.63, 3.8) is 0 Å². The summed E-state index contributed by atoms with van der Waals surface area (Å²) in [5.41, 5.74) is 8.71. The van der Waals surface area contributed by atoms with Gasteiger partial charge < -0.3 is 24.7 Å². The Morgan fingerprint density at radius 2 is 1.82 bits per heavy atom. The molecule has 10 nitrogen and oxygen atoms in total. The first-order valence-corrected chi connectivity index (χ1v) is 9.45. The lowest BCUT2D eigenvalue weighted by atomic mass is 10.2. The van der Waals surface area contributed by atoms with Crippen LogP contribution in [0, 0.1) is 6.92 Å². The number of hydrogen-bond acceptors (Lipinski definition) is 9. The number of imidazole rings is 1. The van der Waals surface area contributed by atoms with Gasteiger partial charge in [0.2, 0.25) is 11.9 Å². The molecule has 5 rings (SSSR count). The minimum absolute atomic E-state index is 0.229. The Labute approximate surface area is 161 Å². The van der Waals surface area contributed by atoms with Crippen LogP contribution in [0.4, 0.5) is 11.9 Å². The zero-order valence-corrected chi connectivity index (χ0v) is 15.7. The molecule has 0 spiro atoms. The van der Waals surface area contributed by atoms with Crippen molar-refractivity contribution in [2.24, 2.45) is 0 Å². The Hall–Kier alpha value is -2.85. The molecule has 3 aromatic rings. The largest absolute Gasteiger partial charge is 0.379 e. The van der Waals surface area contributed by atoms with Gasteiger partial charge in [0.25, 0.3) is 0 Å². The zero-order chi connectivity index (χ0) is 19.1. The Balaban J connectivity index is 1.71. The molecule has 28 heavy (non-hydrogen) atoms. The van der Waals surface area contributed by atoms with E-state index in [0.717, 1.165) is 48.7 Å². The maximum atomic E-state index is 5.66. The fourth-order valence-electron chi connectivity index (χ4n) is 3.80. The van der Waals surface area contributed by atoms with Crippen LogP contribution in [0.1, 0.15) is 18.3 Å². The van der Waals surface area contributed by atoms with Gasteiger partial charge in [-0.3, -0.25) is 0 Å². The number of anilines is 2. The van der Waals surface area contributed by atoms with Crippen molar-refractivity contribution in [3.8, 4) is 11.3 Å². The highest BCUT2D eigenvalue weighted by Crippen LogP contribution is 2.32. The third-order valence-corrected chi connectivity index (χ3v) is 5.21. The van der Waals surface area contributed by atoms with Crippen molar-refractivity contribution in [1.29, 1.82) is 0 Å². The van der Waals surface area contributed by atoms with Gasteiger partial charge in [-0.15, -0.1) is 0 Å². The average molecular weight is 382 g/mol. The van der Waals surface area contributed by atoms with Crippen LogP contribution in [0.15, 0.2) is 12.4 Å². The highest BCUT2D eigenvalue weighted by molar-refractivity contribution is 5.88. The molecule has 0 radical (unpaired) electrons. The second kappa shape index (κ2) is 6.95. The van der Waals surface area contributed by atoms with Gasteiger partial charge in [0.05, 0.1) is 25.9 Å². The van der Waals surface area contributed by atoms with Gasteiger partial charge in [-0.2, -0.15) is 4.98 Å². The van der Waals surface area contributed by atoms with E-state index in [1.54, 1.807) is 12.4 Å². The fourth-order valence-corrected chi connectivity index (χ4v) is 3.80. The molecule has 1 unspecified atom stereocenters.